The van der Waals surface area contributed by atoms with Gasteiger partial charge in [-0.3, -0.25) is 9.48 Å². The molecule has 1 aromatic heterocycles. The molecule has 3 heteroatoms. The van der Waals surface area contributed by atoms with Gasteiger partial charge in [-0.05, 0) is 26.0 Å². The van der Waals surface area contributed by atoms with E-state index >= 15 is 0 Å². The summed E-state index contributed by atoms with van der Waals surface area (Å²) in [5.41, 5.74) is 3.75. The summed E-state index contributed by atoms with van der Waals surface area (Å²) in [7, 11) is 1.87. The van der Waals surface area contributed by atoms with Gasteiger partial charge in [0.1, 0.15) is 0 Å². The van der Waals surface area contributed by atoms with Crippen molar-refractivity contribution in [1.82, 2.24) is 9.78 Å². The van der Waals surface area contributed by atoms with Crippen LogP contribution in [0.25, 0.3) is 6.08 Å². The lowest BCUT2D eigenvalue weighted by atomic mass is 10.1. The predicted octanol–water partition coefficient (Wildman–Crippen LogP) is 2.93. The average molecular weight is 240 g/mol. The summed E-state index contributed by atoms with van der Waals surface area (Å²) in [6.45, 7) is 3.93. The van der Waals surface area contributed by atoms with Crippen LogP contribution >= 0.6 is 0 Å². The van der Waals surface area contributed by atoms with Gasteiger partial charge in [-0.1, -0.05) is 29.8 Å². The van der Waals surface area contributed by atoms with E-state index in [1.54, 1.807) is 10.8 Å². The number of hydrogen-bond acceptors (Lipinski definition) is 2. The quantitative estimate of drug-likeness (QED) is 0.610. The zero-order valence-electron chi connectivity index (χ0n) is 10.8. The van der Waals surface area contributed by atoms with Crippen LogP contribution in [-0.4, -0.2) is 15.6 Å². The maximum absolute atomic E-state index is 11.9. The number of rotatable bonds is 3. The van der Waals surface area contributed by atoms with Crippen LogP contribution in [0, 0.1) is 13.8 Å². The highest BCUT2D eigenvalue weighted by Crippen LogP contribution is 2.09. The minimum atomic E-state index is 0.0123. The smallest absolute Gasteiger partial charge is 0.185 e. The van der Waals surface area contributed by atoms with E-state index in [1.165, 1.54) is 0 Å². The van der Waals surface area contributed by atoms with Crippen molar-refractivity contribution in [3.05, 3.63) is 58.9 Å². The highest BCUT2D eigenvalue weighted by molar-refractivity contribution is 6.06. The van der Waals surface area contributed by atoms with Gasteiger partial charge >= 0.3 is 0 Å². The number of aryl methyl sites for hydroxylation is 3. The van der Waals surface area contributed by atoms with Gasteiger partial charge in [-0.15, -0.1) is 0 Å². The minimum absolute atomic E-state index is 0.0123. The van der Waals surface area contributed by atoms with E-state index in [0.717, 1.165) is 16.8 Å². The topological polar surface area (TPSA) is 34.9 Å². The van der Waals surface area contributed by atoms with Crippen LogP contribution in [0.4, 0.5) is 0 Å². The summed E-state index contributed by atoms with van der Waals surface area (Å²) in [6.07, 6.45) is 5.30. The Morgan fingerprint density at radius 3 is 2.44 bits per heavy atom. The summed E-state index contributed by atoms with van der Waals surface area (Å²) in [4.78, 5) is 11.9. The van der Waals surface area contributed by atoms with Crippen LogP contribution in [0.15, 0.2) is 36.5 Å². The molecule has 92 valence electrons. The third-order valence-corrected chi connectivity index (χ3v) is 2.80. The first-order chi connectivity index (χ1) is 8.56. The molecule has 2 rings (SSSR count). The number of allylic oxidation sites excluding steroid dienone is 1. The largest absolute Gasteiger partial charge is 0.289 e. The lowest BCUT2D eigenvalue weighted by Gasteiger charge is -1.96. The summed E-state index contributed by atoms with van der Waals surface area (Å²) in [6, 6.07) is 7.57. The number of carbonyl (C=O) groups excluding carboxylic acids is 1. The fraction of sp³-hybridized carbons (Fsp3) is 0.200. The van der Waals surface area contributed by atoms with Gasteiger partial charge in [0.15, 0.2) is 5.78 Å². The Labute approximate surface area is 107 Å². The fourth-order valence-electron chi connectivity index (χ4n) is 1.76. The van der Waals surface area contributed by atoms with Gasteiger partial charge in [-0.25, -0.2) is 0 Å². The number of hydrogen-bond donors (Lipinski definition) is 0. The van der Waals surface area contributed by atoms with E-state index in [0.29, 0.717) is 5.56 Å². The molecule has 0 fully saturated rings. The highest BCUT2D eigenvalue weighted by Gasteiger charge is 2.02. The molecule has 0 N–H and O–H groups in total. The molecule has 0 bridgehead atoms. The van der Waals surface area contributed by atoms with E-state index < -0.39 is 0 Å². The summed E-state index contributed by atoms with van der Waals surface area (Å²) in [5, 5.41) is 4.23. The molecule has 0 spiro atoms. The van der Waals surface area contributed by atoms with Gasteiger partial charge < -0.3 is 0 Å². The molecule has 0 aliphatic heterocycles. The molecule has 0 saturated heterocycles. The van der Waals surface area contributed by atoms with Crippen LogP contribution in [0.3, 0.4) is 0 Å². The molecule has 0 aliphatic carbocycles. The average Bonchev–Trinajstić information content (AvgIpc) is 2.66. The molecule has 0 amide bonds. The van der Waals surface area contributed by atoms with Crippen molar-refractivity contribution in [2.24, 2.45) is 7.05 Å². The number of nitrogens with zero attached hydrogens (tertiary/aromatic N) is 2. The van der Waals surface area contributed by atoms with Crippen molar-refractivity contribution in [1.29, 1.82) is 0 Å². The summed E-state index contributed by atoms with van der Waals surface area (Å²) in [5.74, 6) is 0.0123. The maximum atomic E-state index is 11.9. The first-order valence-electron chi connectivity index (χ1n) is 5.85. The monoisotopic (exact) mass is 240 g/mol. The Bertz CT molecular complexity index is 591. The Balaban J connectivity index is 2.16. The molecule has 0 saturated carbocycles. The van der Waals surface area contributed by atoms with Crippen LogP contribution < -0.4 is 0 Å². The van der Waals surface area contributed by atoms with Gasteiger partial charge in [0.2, 0.25) is 0 Å². The Kier molecular flexibility index (Phi) is 3.42. The van der Waals surface area contributed by atoms with E-state index in [-0.39, 0.29) is 5.78 Å². The maximum Gasteiger partial charge on any atom is 0.185 e. The Morgan fingerprint density at radius 1 is 1.22 bits per heavy atom. The first kappa shape index (κ1) is 12.3. The molecule has 18 heavy (non-hydrogen) atoms. The van der Waals surface area contributed by atoms with Crippen molar-refractivity contribution in [3.63, 3.8) is 0 Å². The van der Waals surface area contributed by atoms with Crippen molar-refractivity contribution in [2.75, 3.05) is 0 Å². The van der Waals surface area contributed by atoms with Gasteiger partial charge in [0.25, 0.3) is 0 Å². The highest BCUT2D eigenvalue weighted by atomic mass is 16.1. The molecule has 3 nitrogen and oxygen atoms in total. The second-order valence-electron chi connectivity index (χ2n) is 4.41. The Hall–Kier alpha value is -2.16. The molecular formula is C15H16N2O. The zero-order chi connectivity index (χ0) is 13.1. The molecular weight excluding hydrogens is 224 g/mol. The van der Waals surface area contributed by atoms with Gasteiger partial charge in [0, 0.05) is 24.4 Å². The number of carbonyl (C=O) groups is 1. The third kappa shape index (κ3) is 2.74. The van der Waals surface area contributed by atoms with Gasteiger partial charge in [-0.2, -0.15) is 5.10 Å². The third-order valence-electron chi connectivity index (χ3n) is 2.80. The van der Waals surface area contributed by atoms with E-state index in [9.17, 15) is 4.79 Å². The zero-order valence-corrected chi connectivity index (χ0v) is 10.8. The van der Waals surface area contributed by atoms with Gasteiger partial charge in [0.05, 0.1) is 5.69 Å². The molecule has 1 heterocycles. The molecule has 2 aromatic rings. The Morgan fingerprint density at radius 2 is 1.89 bits per heavy atom. The molecule has 0 radical (unpaired) electrons. The lowest BCUT2D eigenvalue weighted by Crippen LogP contribution is -1.93. The summed E-state index contributed by atoms with van der Waals surface area (Å²) < 4.78 is 1.74. The SMILES string of the molecule is Cc1ccc(C(=O)C=Cc2cn(C)nc2C)cc1. The van der Waals surface area contributed by atoms with Crippen molar-refractivity contribution in [3.8, 4) is 0 Å². The molecule has 0 aliphatic rings. The van der Waals surface area contributed by atoms with Crippen molar-refractivity contribution < 1.29 is 4.79 Å². The van der Waals surface area contributed by atoms with Crippen molar-refractivity contribution in [2.45, 2.75) is 13.8 Å². The van der Waals surface area contributed by atoms with E-state index in [2.05, 4.69) is 5.10 Å². The standard InChI is InChI=1S/C15H16N2O/c1-11-4-6-13(7-5-11)15(18)9-8-14-10-17(3)16-12(14)2/h4-10H,1-3H3. The van der Waals surface area contributed by atoms with E-state index in [4.69, 9.17) is 0 Å². The van der Waals surface area contributed by atoms with Crippen molar-refractivity contribution >= 4 is 11.9 Å². The minimum Gasteiger partial charge on any atom is -0.289 e. The van der Waals surface area contributed by atoms with Crippen LogP contribution in [-0.2, 0) is 7.05 Å². The fourth-order valence-corrected chi connectivity index (χ4v) is 1.76. The molecule has 1 aromatic carbocycles. The normalized spacial score (nSPS) is 11.1. The number of aromatic nitrogens is 2. The molecule has 0 unspecified atom stereocenters. The first-order valence-corrected chi connectivity index (χ1v) is 5.85. The van der Waals surface area contributed by atoms with Crippen LogP contribution in [0.5, 0.6) is 0 Å². The number of benzene rings is 1. The second kappa shape index (κ2) is 5.00. The molecule has 0 atom stereocenters. The number of ketones is 1. The van der Waals surface area contributed by atoms with E-state index in [1.807, 2.05) is 57.4 Å². The predicted molar refractivity (Wildman–Crippen MR) is 72.5 cm³/mol. The van der Waals surface area contributed by atoms with Crippen LogP contribution in [0.2, 0.25) is 0 Å². The van der Waals surface area contributed by atoms with Crippen LogP contribution in [0.1, 0.15) is 27.2 Å². The summed E-state index contributed by atoms with van der Waals surface area (Å²) >= 11 is 0. The second-order valence-corrected chi connectivity index (χ2v) is 4.41. The lowest BCUT2D eigenvalue weighted by molar-refractivity contribution is 0.104.